The topological polar surface area (TPSA) is 43.1 Å². The Labute approximate surface area is 80.1 Å². The van der Waals surface area contributed by atoms with E-state index in [4.69, 9.17) is 17.3 Å². The third-order valence-corrected chi connectivity index (χ3v) is 2.67. The number of carbonyl (C=O) groups excluding carboxylic acids is 1. The molecule has 0 aliphatic carbocycles. The van der Waals surface area contributed by atoms with E-state index in [9.17, 15) is 4.79 Å². The summed E-state index contributed by atoms with van der Waals surface area (Å²) < 4.78 is -0.688. The molecule has 0 aliphatic heterocycles. The predicted octanol–water partition coefficient (Wildman–Crippen LogP) is 1.83. The largest absolute Gasteiger partial charge is 0.368 e. The number of benzene rings is 1. The quantitative estimate of drug-likeness (QED) is 0.599. The van der Waals surface area contributed by atoms with Crippen molar-refractivity contribution >= 4 is 29.3 Å². The van der Waals surface area contributed by atoms with Gasteiger partial charge < -0.3 is 5.73 Å². The van der Waals surface area contributed by atoms with E-state index in [0.717, 1.165) is 4.90 Å². The number of amides is 1. The Bertz CT molecular complexity index is 265. The summed E-state index contributed by atoms with van der Waals surface area (Å²) in [7, 11) is 0. The molecule has 1 atom stereocenters. The van der Waals surface area contributed by atoms with Crippen LogP contribution in [-0.2, 0) is 4.79 Å². The summed E-state index contributed by atoms with van der Waals surface area (Å²) in [4.78, 5) is 11.5. The Hall–Kier alpha value is -0.670. The average Bonchev–Trinajstić information content (AvgIpc) is 2.06. The summed E-state index contributed by atoms with van der Waals surface area (Å²) in [5.41, 5.74) is 4.99. The molecule has 1 amide bonds. The molecular formula is C8H8ClNOS. The van der Waals surface area contributed by atoms with Gasteiger partial charge in [-0.3, -0.25) is 4.79 Å². The number of hydrogen-bond donors (Lipinski definition) is 1. The van der Waals surface area contributed by atoms with Crippen LogP contribution in [0.5, 0.6) is 0 Å². The van der Waals surface area contributed by atoms with Gasteiger partial charge in [-0.15, -0.1) is 0 Å². The molecule has 1 aromatic rings. The van der Waals surface area contributed by atoms with Gasteiger partial charge in [0, 0.05) is 4.90 Å². The number of thioether (sulfide) groups is 1. The van der Waals surface area contributed by atoms with Crippen molar-refractivity contribution in [3.8, 4) is 0 Å². The highest BCUT2D eigenvalue weighted by Crippen LogP contribution is 2.24. The molecule has 4 heteroatoms. The number of halogens is 1. The third kappa shape index (κ3) is 2.75. The molecule has 0 saturated heterocycles. The molecule has 2 N–H and O–H groups in total. The lowest BCUT2D eigenvalue weighted by atomic mass is 10.4. The van der Waals surface area contributed by atoms with Gasteiger partial charge in [-0.2, -0.15) is 0 Å². The van der Waals surface area contributed by atoms with Crippen LogP contribution >= 0.6 is 23.4 Å². The number of primary amides is 1. The molecule has 0 bridgehead atoms. The monoisotopic (exact) mass is 201 g/mol. The zero-order valence-corrected chi connectivity index (χ0v) is 7.81. The smallest absolute Gasteiger partial charge is 0.246 e. The molecule has 2 nitrogen and oxygen atoms in total. The van der Waals surface area contributed by atoms with Crippen molar-refractivity contribution in [2.24, 2.45) is 5.73 Å². The molecule has 0 spiro atoms. The highest BCUT2D eigenvalue weighted by molar-refractivity contribution is 8.01. The first-order valence-electron chi connectivity index (χ1n) is 3.35. The maximum atomic E-state index is 10.6. The molecule has 0 aliphatic rings. The second-order valence-electron chi connectivity index (χ2n) is 2.15. The molecular weight excluding hydrogens is 194 g/mol. The Morgan fingerprint density at radius 1 is 1.42 bits per heavy atom. The number of hydrogen-bond acceptors (Lipinski definition) is 2. The van der Waals surface area contributed by atoms with E-state index >= 15 is 0 Å². The van der Waals surface area contributed by atoms with Crippen LogP contribution in [0.4, 0.5) is 0 Å². The van der Waals surface area contributed by atoms with E-state index in [-0.39, 0.29) is 0 Å². The number of rotatable bonds is 3. The van der Waals surface area contributed by atoms with Crippen LogP contribution in [0.25, 0.3) is 0 Å². The molecule has 0 fully saturated rings. The zero-order valence-electron chi connectivity index (χ0n) is 6.24. The number of carbonyl (C=O) groups is 1. The first kappa shape index (κ1) is 9.42. The molecule has 12 heavy (non-hydrogen) atoms. The van der Waals surface area contributed by atoms with Gasteiger partial charge >= 0.3 is 0 Å². The fourth-order valence-electron chi connectivity index (χ4n) is 0.677. The van der Waals surface area contributed by atoms with Crippen LogP contribution in [0.2, 0.25) is 0 Å². The standard InChI is InChI=1S/C8H8ClNOS/c9-7(8(10)11)12-6-4-2-1-3-5-6/h1-5,7H,(H2,10,11). The third-order valence-electron chi connectivity index (χ3n) is 1.21. The minimum absolute atomic E-state index is 0.509. The van der Waals surface area contributed by atoms with Gasteiger partial charge in [-0.05, 0) is 12.1 Å². The molecule has 64 valence electrons. The van der Waals surface area contributed by atoms with Gasteiger partial charge in [-0.25, -0.2) is 0 Å². The minimum atomic E-state index is -0.688. The lowest BCUT2D eigenvalue weighted by Gasteiger charge is -2.03. The van der Waals surface area contributed by atoms with Crippen LogP contribution in [0.1, 0.15) is 0 Å². The van der Waals surface area contributed by atoms with Gasteiger partial charge in [0.05, 0.1) is 0 Å². The van der Waals surface area contributed by atoms with Gasteiger partial charge in [0.15, 0.2) is 4.71 Å². The number of alkyl halides is 1. The maximum Gasteiger partial charge on any atom is 0.246 e. The first-order valence-corrected chi connectivity index (χ1v) is 4.67. The lowest BCUT2D eigenvalue weighted by Crippen LogP contribution is -2.20. The molecule has 1 aromatic carbocycles. The molecule has 1 unspecified atom stereocenters. The predicted molar refractivity (Wildman–Crippen MR) is 51.1 cm³/mol. The van der Waals surface area contributed by atoms with Gasteiger partial charge in [-0.1, -0.05) is 41.6 Å². The van der Waals surface area contributed by atoms with Gasteiger partial charge in [0.2, 0.25) is 5.91 Å². The van der Waals surface area contributed by atoms with Crippen LogP contribution < -0.4 is 5.73 Å². The van der Waals surface area contributed by atoms with Crippen molar-refractivity contribution in [2.45, 2.75) is 9.60 Å². The van der Waals surface area contributed by atoms with Crippen molar-refractivity contribution in [3.63, 3.8) is 0 Å². The second kappa shape index (κ2) is 4.38. The van der Waals surface area contributed by atoms with Crippen molar-refractivity contribution in [1.82, 2.24) is 0 Å². The first-order chi connectivity index (χ1) is 5.70. The highest BCUT2D eigenvalue weighted by Gasteiger charge is 2.11. The Morgan fingerprint density at radius 2 is 2.00 bits per heavy atom. The van der Waals surface area contributed by atoms with Crippen molar-refractivity contribution in [1.29, 1.82) is 0 Å². The Morgan fingerprint density at radius 3 is 2.50 bits per heavy atom. The zero-order chi connectivity index (χ0) is 8.97. The summed E-state index contributed by atoms with van der Waals surface area (Å²) >= 11 is 6.88. The Kier molecular flexibility index (Phi) is 3.44. The van der Waals surface area contributed by atoms with E-state index in [1.54, 1.807) is 0 Å². The molecule has 0 saturated carbocycles. The summed E-state index contributed by atoms with van der Waals surface area (Å²) in [6.45, 7) is 0. The number of nitrogens with two attached hydrogens (primary N) is 1. The SMILES string of the molecule is NC(=O)C(Cl)Sc1ccccc1. The van der Waals surface area contributed by atoms with E-state index in [1.807, 2.05) is 30.3 Å². The average molecular weight is 202 g/mol. The summed E-state index contributed by atoms with van der Waals surface area (Å²) in [5.74, 6) is -0.509. The Balaban J connectivity index is 2.58. The van der Waals surface area contributed by atoms with Crippen molar-refractivity contribution in [3.05, 3.63) is 30.3 Å². The minimum Gasteiger partial charge on any atom is -0.368 e. The fourth-order valence-corrected chi connectivity index (χ4v) is 1.65. The van der Waals surface area contributed by atoms with E-state index in [2.05, 4.69) is 0 Å². The summed E-state index contributed by atoms with van der Waals surface area (Å²) in [6, 6.07) is 9.42. The van der Waals surface area contributed by atoms with E-state index in [1.165, 1.54) is 11.8 Å². The van der Waals surface area contributed by atoms with Crippen molar-refractivity contribution < 1.29 is 4.79 Å². The molecule has 0 heterocycles. The molecule has 0 radical (unpaired) electrons. The second-order valence-corrected chi connectivity index (χ2v) is 4.02. The molecule has 0 aromatic heterocycles. The van der Waals surface area contributed by atoms with Crippen LogP contribution in [0.3, 0.4) is 0 Å². The summed E-state index contributed by atoms with van der Waals surface area (Å²) in [6.07, 6.45) is 0. The lowest BCUT2D eigenvalue weighted by molar-refractivity contribution is -0.116. The van der Waals surface area contributed by atoms with Gasteiger partial charge in [0.1, 0.15) is 0 Å². The van der Waals surface area contributed by atoms with Crippen LogP contribution in [0.15, 0.2) is 35.2 Å². The summed E-state index contributed by atoms with van der Waals surface area (Å²) in [5, 5.41) is 0. The fraction of sp³-hybridized carbons (Fsp3) is 0.125. The normalized spacial score (nSPS) is 12.4. The van der Waals surface area contributed by atoms with Gasteiger partial charge in [0.25, 0.3) is 0 Å². The van der Waals surface area contributed by atoms with E-state index in [0.29, 0.717) is 0 Å². The molecule has 1 rings (SSSR count). The highest BCUT2D eigenvalue weighted by atomic mass is 35.5. The van der Waals surface area contributed by atoms with Crippen LogP contribution in [-0.4, -0.2) is 10.6 Å². The van der Waals surface area contributed by atoms with E-state index < -0.39 is 10.6 Å². The van der Waals surface area contributed by atoms with Crippen LogP contribution in [0, 0.1) is 0 Å². The van der Waals surface area contributed by atoms with Crippen molar-refractivity contribution in [2.75, 3.05) is 0 Å². The maximum absolute atomic E-state index is 10.6.